The van der Waals surface area contributed by atoms with E-state index in [4.69, 9.17) is 43.6 Å². The molecule has 1 amide bonds. The average Bonchev–Trinajstić information content (AvgIpc) is 1.64. The second-order valence-corrected chi connectivity index (χ2v) is 34.5. The van der Waals surface area contributed by atoms with Crippen LogP contribution in [0.3, 0.4) is 0 Å². The van der Waals surface area contributed by atoms with Gasteiger partial charge in [-0.15, -0.1) is 90.7 Å². The molecule has 13 nitrogen and oxygen atoms in total. The Morgan fingerprint density at radius 1 is 0.282 bits per heavy atom. The monoisotopic (exact) mass is 1680 g/mol. The quantitative estimate of drug-likeness (QED) is 0.0503. The van der Waals surface area contributed by atoms with Gasteiger partial charge in [0.1, 0.15) is 41.7 Å². The van der Waals surface area contributed by atoms with Crippen LogP contribution in [0.25, 0.3) is 128 Å². The Labute approximate surface area is 700 Å². The van der Waals surface area contributed by atoms with Crippen molar-refractivity contribution in [2.45, 2.75) is 19.3 Å². The van der Waals surface area contributed by atoms with E-state index in [-0.39, 0.29) is 52.5 Å². The molecule has 117 heavy (non-hydrogen) atoms. The summed E-state index contributed by atoms with van der Waals surface area (Å²) in [6, 6.07) is 82.0. The molecular weight excluding hydrogens is 1620 g/mol. The van der Waals surface area contributed by atoms with Crippen LogP contribution in [0.1, 0.15) is 55.4 Å². The van der Waals surface area contributed by atoms with Crippen molar-refractivity contribution >= 4 is 178 Å². The first-order valence-electron chi connectivity index (χ1n) is 36.4. The van der Waals surface area contributed by atoms with Crippen LogP contribution in [-0.4, -0.2) is 43.2 Å². The minimum atomic E-state index is -0.580. The molecule has 0 aliphatic rings. The van der Waals surface area contributed by atoms with Crippen LogP contribution in [0.4, 0.5) is 35.9 Å². The number of nitrogens with two attached hydrogens (primary N) is 5. The van der Waals surface area contributed by atoms with Crippen molar-refractivity contribution < 1.29 is 32.3 Å². The SMILES string of the molecule is NC(=O)c1sc2nc(-c3cccs3)cc(-c3ccc(F)cc3)c2c1N.Nc1c(C(=O)Cc2ccc(F)cc2)sc2nc(-c3cccs3)cc(-c3ccccc3)c12.Nc1c(C(=O)Cc2ccccc2)sc2nc(-c3cccs3)cc(-c3ccc(F)cc3)c12.Nc1c(C(=O)Cc2ccccc2)sc2nc(-c3cccs3)cc(-c3ccccc3)c12. The topological polar surface area (TPSA) is 250 Å². The summed E-state index contributed by atoms with van der Waals surface area (Å²) in [6.45, 7) is 0. The van der Waals surface area contributed by atoms with Crippen LogP contribution < -0.4 is 28.7 Å². The van der Waals surface area contributed by atoms with Gasteiger partial charge in [0.25, 0.3) is 5.91 Å². The average molecular weight is 1690 g/mol. The van der Waals surface area contributed by atoms with E-state index in [0.29, 0.717) is 58.8 Å². The summed E-state index contributed by atoms with van der Waals surface area (Å²) < 4.78 is 40.1. The van der Waals surface area contributed by atoms with Gasteiger partial charge in [0.15, 0.2) is 17.3 Å². The zero-order chi connectivity index (χ0) is 80.8. The number of primary amides is 1. The molecule has 10 N–H and O–H groups in total. The van der Waals surface area contributed by atoms with Gasteiger partial charge >= 0.3 is 0 Å². The molecule has 0 radical (unpaired) electrons. The molecule has 0 aliphatic heterocycles. The van der Waals surface area contributed by atoms with Gasteiger partial charge in [-0.1, -0.05) is 182 Å². The molecule has 19 rings (SSSR count). The number of aromatic nitrogens is 4. The number of carbonyl (C=O) groups is 4. The lowest BCUT2D eigenvalue weighted by atomic mass is 10.00. The number of thiophene rings is 8. The van der Waals surface area contributed by atoms with Crippen molar-refractivity contribution in [2.24, 2.45) is 5.73 Å². The lowest BCUT2D eigenvalue weighted by Gasteiger charge is -2.08. The normalized spacial score (nSPS) is 11.1. The number of nitrogen functional groups attached to an aromatic ring is 4. The number of anilines is 4. The first-order valence-corrected chi connectivity index (χ1v) is 43.2. The molecule has 0 spiro atoms. The Morgan fingerprint density at radius 2 is 0.521 bits per heavy atom. The summed E-state index contributed by atoms with van der Waals surface area (Å²) in [5.74, 6) is -1.62. The van der Waals surface area contributed by atoms with Crippen LogP contribution in [0.15, 0.2) is 288 Å². The predicted octanol–water partition coefficient (Wildman–Crippen LogP) is 24.9. The molecule has 7 aromatic carbocycles. The molecule has 0 saturated heterocycles. The van der Waals surface area contributed by atoms with E-state index in [1.165, 1.54) is 81.7 Å². The summed E-state index contributed by atoms with van der Waals surface area (Å²) in [4.78, 5) is 79.0. The van der Waals surface area contributed by atoms with E-state index in [1.807, 2.05) is 191 Å². The van der Waals surface area contributed by atoms with Crippen molar-refractivity contribution in [3.8, 4) is 86.8 Å². The Kier molecular flexibility index (Phi) is 23.2. The van der Waals surface area contributed by atoms with E-state index in [9.17, 15) is 32.3 Å². The number of fused-ring (bicyclic) bond motifs is 4. The number of ketones is 3. The van der Waals surface area contributed by atoms with Gasteiger partial charge in [0, 0.05) is 40.8 Å². The summed E-state index contributed by atoms with van der Waals surface area (Å²) in [7, 11) is 0. The minimum absolute atomic E-state index is 0.0263. The van der Waals surface area contributed by atoms with Crippen LogP contribution >= 0.6 is 90.7 Å². The highest BCUT2D eigenvalue weighted by Crippen LogP contribution is 2.48. The van der Waals surface area contributed by atoms with E-state index < -0.39 is 5.91 Å². The van der Waals surface area contributed by atoms with Gasteiger partial charge in [0.05, 0.1) is 79.7 Å². The molecule has 0 bridgehead atoms. The molecule has 0 aliphatic carbocycles. The molecule has 19 aromatic rings. The summed E-state index contributed by atoms with van der Waals surface area (Å²) in [5, 5.41) is 11.1. The van der Waals surface area contributed by atoms with Gasteiger partial charge in [0.2, 0.25) is 0 Å². The number of pyridine rings is 4. The number of benzene rings is 7. The first-order chi connectivity index (χ1) is 56.9. The number of halogens is 3. The lowest BCUT2D eigenvalue weighted by molar-refractivity contribution is 0.0989. The molecule has 12 aromatic heterocycles. The maximum atomic E-state index is 13.5. The van der Waals surface area contributed by atoms with E-state index >= 15 is 0 Å². The number of carbonyl (C=O) groups excluding carboxylic acids is 4. The molecule has 574 valence electrons. The highest BCUT2D eigenvalue weighted by atomic mass is 32.1. The number of nitrogens with zero attached hydrogens (tertiary/aromatic N) is 4. The Balaban J connectivity index is 0.000000117. The Hall–Kier alpha value is -12.8. The number of amides is 1. The predicted molar refractivity (Wildman–Crippen MR) is 483 cm³/mol. The first kappa shape index (κ1) is 78.2. The van der Waals surface area contributed by atoms with E-state index in [2.05, 4.69) is 29.2 Å². The van der Waals surface area contributed by atoms with Gasteiger partial charge in [-0.3, -0.25) is 19.2 Å². The molecular formula is C93H64F3N9O4S8. The molecule has 0 atom stereocenters. The number of hydrogen-bond acceptors (Lipinski definition) is 20. The summed E-state index contributed by atoms with van der Waals surface area (Å²) in [6.07, 6.45) is 0.771. The van der Waals surface area contributed by atoms with Crippen LogP contribution in [0.5, 0.6) is 0 Å². The maximum Gasteiger partial charge on any atom is 0.260 e. The highest BCUT2D eigenvalue weighted by molar-refractivity contribution is 7.23. The molecule has 12 heterocycles. The number of hydrogen-bond donors (Lipinski definition) is 5. The molecule has 0 saturated carbocycles. The number of Topliss-reactive ketones (excluding diaryl/α,β-unsaturated/α-hetero) is 3. The smallest absolute Gasteiger partial charge is 0.260 e. The summed E-state index contributed by atoms with van der Waals surface area (Å²) in [5.41, 5.74) is 46.3. The number of rotatable bonds is 18. The van der Waals surface area contributed by atoms with Crippen molar-refractivity contribution in [3.05, 3.63) is 342 Å². The van der Waals surface area contributed by atoms with Crippen molar-refractivity contribution in [2.75, 3.05) is 22.9 Å². The van der Waals surface area contributed by atoms with Crippen molar-refractivity contribution in [1.82, 2.24) is 19.9 Å². The van der Waals surface area contributed by atoms with E-state index in [0.717, 1.165) is 129 Å². The van der Waals surface area contributed by atoms with E-state index in [1.54, 1.807) is 81.7 Å². The standard InChI is InChI=1S/2C25H17FN2OS2.C25H18N2OS2.C18H12FN3OS2/c26-17-10-8-15(9-11-17)13-20(29)24-23(27)22-18(16-5-2-1-3-6-16)14-19(28-25(22)31-24)21-7-4-12-30-21;26-17-10-8-16(9-11-17)18-14-19(21-7-4-12-30-21)28-25-22(18)23(27)24(31-25)20(29)13-15-5-2-1-3-6-15;26-23-22-18(17-10-5-2-6-11-17)15-19(21-12-7-13-29-21)27-25(22)30-24(23)20(28)14-16-8-3-1-4-9-16;19-10-5-3-9(4-6-10)11-8-12(13-2-1-7-24-13)22-18-14(11)15(20)16(25-18)17(21)23/h2*1-12,14H,13,27H2;1-13,15H,14,26H2;1-8H,20H2,(H2,21,23). The molecule has 0 fully saturated rings. The van der Waals surface area contributed by atoms with Crippen molar-refractivity contribution in [1.29, 1.82) is 0 Å². The third-order valence-electron chi connectivity index (χ3n) is 19.0. The molecule has 0 unspecified atom stereocenters. The lowest BCUT2D eigenvalue weighted by Crippen LogP contribution is -2.10. The van der Waals surface area contributed by atoms with Crippen LogP contribution in [0, 0.1) is 17.5 Å². The minimum Gasteiger partial charge on any atom is -0.397 e. The fourth-order valence-corrected chi connectivity index (χ4v) is 20.4. The maximum absolute atomic E-state index is 13.5. The Morgan fingerprint density at radius 3 is 0.786 bits per heavy atom. The zero-order valence-electron chi connectivity index (χ0n) is 61.5. The third-order valence-corrected chi connectivity index (χ3v) is 27.2. The van der Waals surface area contributed by atoms with Gasteiger partial charge in [-0.05, 0) is 168 Å². The highest BCUT2D eigenvalue weighted by Gasteiger charge is 2.27. The summed E-state index contributed by atoms with van der Waals surface area (Å²) >= 11 is 11.6. The van der Waals surface area contributed by atoms with Crippen LogP contribution in [-0.2, 0) is 19.3 Å². The van der Waals surface area contributed by atoms with Crippen LogP contribution in [0.2, 0.25) is 0 Å². The third kappa shape index (κ3) is 17.0. The zero-order valence-corrected chi connectivity index (χ0v) is 68.1. The molecule has 24 heteroatoms. The fraction of sp³-hybridized carbons (Fsp3) is 0.0323. The van der Waals surface area contributed by atoms with Gasteiger partial charge < -0.3 is 28.7 Å². The fourth-order valence-electron chi connectivity index (χ4n) is 13.5. The van der Waals surface area contributed by atoms with Gasteiger partial charge in [-0.25, -0.2) is 33.1 Å². The largest absolute Gasteiger partial charge is 0.397 e. The van der Waals surface area contributed by atoms with Gasteiger partial charge in [-0.2, -0.15) is 0 Å². The van der Waals surface area contributed by atoms with Crippen molar-refractivity contribution in [3.63, 3.8) is 0 Å². The second kappa shape index (κ2) is 34.8. The Bertz CT molecular complexity index is 6810. The second-order valence-electron chi connectivity index (χ2n) is 26.7.